The zero-order chi connectivity index (χ0) is 17.9. The lowest BCUT2D eigenvalue weighted by molar-refractivity contribution is -0.166. The average Bonchev–Trinajstić information content (AvgIpc) is 2.92. The summed E-state index contributed by atoms with van der Waals surface area (Å²) in [6.45, 7) is 5.95. The highest BCUT2D eigenvalue weighted by Crippen LogP contribution is 2.27. The standard InChI is InChI=1S/C17H24N2O5/c1-17(2,3)24-15(20)14(11-7-8-19(10-11)16(21)22)23-13-6-4-5-12(18)9-13/h4-6,9,11,14H,7-8,10,18H2,1-3H3,(H,21,22)/t11-,14?/m0/s1. The third-order valence-corrected chi connectivity index (χ3v) is 3.68. The molecule has 2 rings (SSSR count). The van der Waals surface area contributed by atoms with Crippen LogP contribution in [0.1, 0.15) is 27.2 Å². The van der Waals surface area contributed by atoms with Gasteiger partial charge in [0.15, 0.2) is 6.10 Å². The second kappa shape index (κ2) is 6.98. The van der Waals surface area contributed by atoms with Crippen LogP contribution in [0.15, 0.2) is 24.3 Å². The fourth-order valence-corrected chi connectivity index (χ4v) is 2.64. The number of carbonyl (C=O) groups is 2. The Morgan fingerprint density at radius 2 is 2.08 bits per heavy atom. The quantitative estimate of drug-likeness (QED) is 0.646. The number of likely N-dealkylation sites (tertiary alicyclic amines) is 1. The van der Waals surface area contributed by atoms with Gasteiger partial charge in [0.1, 0.15) is 11.4 Å². The van der Waals surface area contributed by atoms with Crippen LogP contribution in [0, 0.1) is 5.92 Å². The molecule has 1 aliphatic heterocycles. The van der Waals surface area contributed by atoms with E-state index in [2.05, 4.69) is 0 Å². The van der Waals surface area contributed by atoms with Crippen molar-refractivity contribution in [2.45, 2.75) is 38.9 Å². The molecule has 1 amide bonds. The first-order chi connectivity index (χ1) is 11.2. The largest absolute Gasteiger partial charge is 0.478 e. The maximum Gasteiger partial charge on any atom is 0.407 e. The lowest BCUT2D eigenvalue weighted by Crippen LogP contribution is -2.41. The van der Waals surface area contributed by atoms with Gasteiger partial charge in [-0.15, -0.1) is 0 Å². The third-order valence-electron chi connectivity index (χ3n) is 3.68. The van der Waals surface area contributed by atoms with Crippen molar-refractivity contribution in [2.75, 3.05) is 18.8 Å². The van der Waals surface area contributed by atoms with E-state index < -0.39 is 23.8 Å². The Morgan fingerprint density at radius 3 is 2.62 bits per heavy atom. The van der Waals surface area contributed by atoms with Crippen LogP contribution in [0.4, 0.5) is 10.5 Å². The van der Waals surface area contributed by atoms with Gasteiger partial charge in [0.05, 0.1) is 0 Å². The second-order valence-corrected chi connectivity index (χ2v) is 6.92. The minimum Gasteiger partial charge on any atom is -0.478 e. The minimum absolute atomic E-state index is 0.238. The van der Waals surface area contributed by atoms with Crippen molar-refractivity contribution in [2.24, 2.45) is 5.92 Å². The van der Waals surface area contributed by atoms with E-state index in [1.165, 1.54) is 4.90 Å². The SMILES string of the molecule is CC(C)(C)OC(=O)C(Oc1cccc(N)c1)[C@H]1CCN(C(=O)O)C1. The number of hydrogen-bond acceptors (Lipinski definition) is 5. The van der Waals surface area contributed by atoms with Crippen molar-refractivity contribution in [1.29, 1.82) is 0 Å². The fourth-order valence-electron chi connectivity index (χ4n) is 2.64. The number of ether oxygens (including phenoxy) is 2. The van der Waals surface area contributed by atoms with E-state index >= 15 is 0 Å². The highest BCUT2D eigenvalue weighted by atomic mass is 16.6. The molecule has 0 saturated carbocycles. The summed E-state index contributed by atoms with van der Waals surface area (Å²) < 4.78 is 11.3. The van der Waals surface area contributed by atoms with Crippen molar-refractivity contribution in [1.82, 2.24) is 4.90 Å². The Kier molecular flexibility index (Phi) is 5.21. The molecule has 24 heavy (non-hydrogen) atoms. The number of carbonyl (C=O) groups excluding carboxylic acids is 1. The molecule has 1 aromatic carbocycles. The Balaban J connectivity index is 2.18. The number of esters is 1. The van der Waals surface area contributed by atoms with E-state index in [0.29, 0.717) is 24.4 Å². The molecule has 1 unspecified atom stereocenters. The number of amides is 1. The first-order valence-electron chi connectivity index (χ1n) is 7.88. The maximum atomic E-state index is 12.6. The van der Waals surface area contributed by atoms with Gasteiger partial charge >= 0.3 is 12.1 Å². The summed E-state index contributed by atoms with van der Waals surface area (Å²) in [4.78, 5) is 25.0. The predicted octanol–water partition coefficient (Wildman–Crippen LogP) is 2.36. The van der Waals surface area contributed by atoms with Crippen LogP contribution in [0.2, 0.25) is 0 Å². The van der Waals surface area contributed by atoms with Crippen molar-refractivity contribution in [3.05, 3.63) is 24.3 Å². The molecule has 3 N–H and O–H groups in total. The van der Waals surface area contributed by atoms with Gasteiger partial charge in [0.25, 0.3) is 0 Å². The predicted molar refractivity (Wildman–Crippen MR) is 88.8 cm³/mol. The van der Waals surface area contributed by atoms with E-state index in [4.69, 9.17) is 20.3 Å². The average molecular weight is 336 g/mol. The normalized spacial score (nSPS) is 19.0. The molecule has 1 heterocycles. The fraction of sp³-hybridized carbons (Fsp3) is 0.529. The van der Waals surface area contributed by atoms with Gasteiger partial charge in [-0.25, -0.2) is 9.59 Å². The highest BCUT2D eigenvalue weighted by Gasteiger charge is 2.39. The summed E-state index contributed by atoms with van der Waals surface area (Å²) in [6.07, 6.45) is -1.34. The van der Waals surface area contributed by atoms with Crippen LogP contribution in [-0.2, 0) is 9.53 Å². The Hall–Kier alpha value is -2.44. The molecule has 0 bridgehead atoms. The van der Waals surface area contributed by atoms with Crippen molar-refractivity contribution >= 4 is 17.7 Å². The summed E-state index contributed by atoms with van der Waals surface area (Å²) in [5.74, 6) is -0.306. The Labute approximate surface area is 141 Å². The second-order valence-electron chi connectivity index (χ2n) is 6.92. The van der Waals surface area contributed by atoms with Gasteiger partial charge < -0.3 is 25.2 Å². The summed E-state index contributed by atoms with van der Waals surface area (Å²) in [5, 5.41) is 9.12. The van der Waals surface area contributed by atoms with E-state index in [9.17, 15) is 9.59 Å². The molecule has 0 aromatic heterocycles. The lowest BCUT2D eigenvalue weighted by Gasteiger charge is -2.27. The number of nitrogens with zero attached hydrogens (tertiary/aromatic N) is 1. The number of rotatable bonds is 4. The number of hydrogen-bond donors (Lipinski definition) is 2. The van der Waals surface area contributed by atoms with Crippen LogP contribution in [-0.4, -0.2) is 46.9 Å². The van der Waals surface area contributed by atoms with Crippen LogP contribution in [0.25, 0.3) is 0 Å². The maximum absolute atomic E-state index is 12.6. The van der Waals surface area contributed by atoms with E-state index in [0.717, 1.165) is 0 Å². The number of benzene rings is 1. The molecule has 1 fully saturated rings. The molecule has 1 aromatic rings. The summed E-state index contributed by atoms with van der Waals surface area (Å²) >= 11 is 0. The van der Waals surface area contributed by atoms with Gasteiger partial charge in [-0.1, -0.05) is 6.07 Å². The van der Waals surface area contributed by atoms with Crippen LogP contribution in [0.5, 0.6) is 5.75 Å². The van der Waals surface area contributed by atoms with Gasteiger partial charge in [0, 0.05) is 30.8 Å². The molecule has 1 aliphatic rings. The van der Waals surface area contributed by atoms with Gasteiger partial charge in [0.2, 0.25) is 0 Å². The topological polar surface area (TPSA) is 102 Å². The molecule has 2 atom stereocenters. The molecular weight excluding hydrogens is 312 g/mol. The van der Waals surface area contributed by atoms with Gasteiger partial charge in [-0.3, -0.25) is 0 Å². The number of anilines is 1. The highest BCUT2D eigenvalue weighted by molar-refractivity contribution is 5.76. The third kappa shape index (κ3) is 4.78. The molecule has 7 heteroatoms. The van der Waals surface area contributed by atoms with Crippen LogP contribution < -0.4 is 10.5 Å². The summed E-state index contributed by atoms with van der Waals surface area (Å²) in [5.41, 5.74) is 5.61. The zero-order valence-electron chi connectivity index (χ0n) is 14.2. The molecule has 132 valence electrons. The van der Waals surface area contributed by atoms with Crippen molar-refractivity contribution in [3.63, 3.8) is 0 Å². The molecule has 0 aliphatic carbocycles. The van der Waals surface area contributed by atoms with Gasteiger partial charge in [-0.05, 0) is 39.3 Å². The first kappa shape index (κ1) is 17.9. The monoisotopic (exact) mass is 336 g/mol. The Bertz CT molecular complexity index is 611. The first-order valence-corrected chi connectivity index (χ1v) is 7.88. The van der Waals surface area contributed by atoms with Crippen LogP contribution in [0.3, 0.4) is 0 Å². The minimum atomic E-state index is -0.996. The van der Waals surface area contributed by atoms with Crippen LogP contribution >= 0.6 is 0 Å². The van der Waals surface area contributed by atoms with Gasteiger partial charge in [-0.2, -0.15) is 0 Å². The number of nitrogen functional groups attached to an aromatic ring is 1. The molecule has 0 spiro atoms. The summed E-state index contributed by atoms with van der Waals surface area (Å²) in [7, 11) is 0. The number of nitrogens with two attached hydrogens (primary N) is 1. The zero-order valence-corrected chi connectivity index (χ0v) is 14.2. The molecular formula is C17H24N2O5. The molecule has 7 nitrogen and oxygen atoms in total. The van der Waals surface area contributed by atoms with Crippen molar-refractivity contribution in [3.8, 4) is 5.75 Å². The molecule has 1 saturated heterocycles. The van der Waals surface area contributed by atoms with E-state index in [1.807, 2.05) is 0 Å². The lowest BCUT2D eigenvalue weighted by atomic mass is 10.0. The van der Waals surface area contributed by atoms with E-state index in [-0.39, 0.29) is 12.5 Å². The Morgan fingerprint density at radius 1 is 1.38 bits per heavy atom. The number of carboxylic acid groups (broad SMARTS) is 1. The molecule has 0 radical (unpaired) electrons. The van der Waals surface area contributed by atoms with E-state index in [1.54, 1.807) is 45.0 Å². The smallest absolute Gasteiger partial charge is 0.407 e. The summed E-state index contributed by atoms with van der Waals surface area (Å²) in [6, 6.07) is 6.78. The van der Waals surface area contributed by atoms with Crippen molar-refractivity contribution < 1.29 is 24.2 Å².